The van der Waals surface area contributed by atoms with E-state index in [9.17, 15) is 0 Å². The minimum Gasteiger partial charge on any atom is -0.381 e. The van der Waals surface area contributed by atoms with Crippen LogP contribution in [-0.4, -0.2) is 30.7 Å². The van der Waals surface area contributed by atoms with Crippen LogP contribution in [0.5, 0.6) is 0 Å². The van der Waals surface area contributed by atoms with Gasteiger partial charge in [-0.05, 0) is 42.9 Å². The van der Waals surface area contributed by atoms with E-state index < -0.39 is 0 Å². The second-order valence-electron chi connectivity index (χ2n) is 5.70. The summed E-state index contributed by atoms with van der Waals surface area (Å²) < 4.78 is 5.48. The molecule has 3 heteroatoms. The first kappa shape index (κ1) is 12.7. The minimum absolute atomic E-state index is 0.707. The summed E-state index contributed by atoms with van der Waals surface area (Å²) in [4.78, 5) is 2.60. The number of nitrogens with zero attached hydrogens (tertiary/aromatic N) is 2. The molecule has 1 saturated heterocycles. The van der Waals surface area contributed by atoms with Crippen LogP contribution in [0, 0.1) is 17.2 Å². The van der Waals surface area contributed by atoms with E-state index in [-0.39, 0.29) is 0 Å². The molecular weight excluding hydrogens is 236 g/mol. The van der Waals surface area contributed by atoms with Crippen molar-refractivity contribution in [2.24, 2.45) is 5.92 Å². The van der Waals surface area contributed by atoms with Crippen LogP contribution in [0.15, 0.2) is 24.3 Å². The lowest BCUT2D eigenvalue weighted by molar-refractivity contribution is 0.161. The van der Waals surface area contributed by atoms with Gasteiger partial charge in [-0.15, -0.1) is 0 Å². The molecule has 1 saturated carbocycles. The molecule has 2 fully saturated rings. The molecule has 100 valence electrons. The van der Waals surface area contributed by atoms with Crippen LogP contribution in [0.3, 0.4) is 0 Å². The van der Waals surface area contributed by atoms with Crippen molar-refractivity contribution in [2.45, 2.75) is 31.8 Å². The van der Waals surface area contributed by atoms with Gasteiger partial charge in [-0.1, -0.05) is 12.1 Å². The smallest absolute Gasteiger partial charge is 0.0991 e. The van der Waals surface area contributed by atoms with Crippen molar-refractivity contribution in [3.63, 3.8) is 0 Å². The van der Waals surface area contributed by atoms with Crippen molar-refractivity contribution < 1.29 is 4.74 Å². The van der Waals surface area contributed by atoms with Gasteiger partial charge in [0.15, 0.2) is 0 Å². The summed E-state index contributed by atoms with van der Waals surface area (Å²) in [5.41, 5.74) is 2.05. The van der Waals surface area contributed by atoms with Crippen molar-refractivity contribution in [3.05, 3.63) is 35.4 Å². The Balaban J connectivity index is 1.61. The zero-order chi connectivity index (χ0) is 13.1. The molecule has 1 aromatic rings. The lowest BCUT2D eigenvalue weighted by Crippen LogP contribution is -2.31. The van der Waals surface area contributed by atoms with E-state index in [1.165, 1.54) is 24.8 Å². The van der Waals surface area contributed by atoms with Crippen LogP contribution >= 0.6 is 0 Å². The highest BCUT2D eigenvalue weighted by atomic mass is 16.5. The Morgan fingerprint density at radius 1 is 1.21 bits per heavy atom. The van der Waals surface area contributed by atoms with Gasteiger partial charge >= 0.3 is 0 Å². The summed E-state index contributed by atoms with van der Waals surface area (Å²) in [6, 6.07) is 10.9. The van der Waals surface area contributed by atoms with E-state index >= 15 is 0 Å². The van der Waals surface area contributed by atoms with Crippen molar-refractivity contribution in [2.75, 3.05) is 19.8 Å². The largest absolute Gasteiger partial charge is 0.381 e. The molecule has 1 aliphatic heterocycles. The van der Waals surface area contributed by atoms with Gasteiger partial charge < -0.3 is 4.74 Å². The van der Waals surface area contributed by atoms with Crippen molar-refractivity contribution >= 4 is 0 Å². The van der Waals surface area contributed by atoms with Crippen LogP contribution in [0.4, 0.5) is 0 Å². The molecule has 3 rings (SSSR count). The normalized spacial score (nSPS) is 22.6. The predicted octanol–water partition coefficient (Wildman–Crippen LogP) is 2.56. The van der Waals surface area contributed by atoms with E-state index in [2.05, 4.69) is 23.1 Å². The summed E-state index contributed by atoms with van der Waals surface area (Å²) in [6.07, 6.45) is 3.88. The lowest BCUT2D eigenvalue weighted by atomic mass is 10.1. The quantitative estimate of drug-likeness (QED) is 0.812. The average Bonchev–Trinajstić information content (AvgIpc) is 3.17. The highest BCUT2D eigenvalue weighted by Gasteiger charge is 2.31. The van der Waals surface area contributed by atoms with Gasteiger partial charge in [0.2, 0.25) is 0 Å². The van der Waals surface area contributed by atoms with Gasteiger partial charge in [-0.25, -0.2) is 0 Å². The average molecular weight is 256 g/mol. The fourth-order valence-electron chi connectivity index (χ4n) is 2.76. The maximum Gasteiger partial charge on any atom is 0.0991 e. The predicted molar refractivity (Wildman–Crippen MR) is 73.5 cm³/mol. The summed E-state index contributed by atoms with van der Waals surface area (Å²) in [6.45, 7) is 4.02. The molecule has 0 aromatic heterocycles. The first-order valence-corrected chi connectivity index (χ1v) is 7.16. The molecule has 0 bridgehead atoms. The van der Waals surface area contributed by atoms with E-state index in [0.717, 1.165) is 37.9 Å². The fourth-order valence-corrected chi connectivity index (χ4v) is 2.76. The topological polar surface area (TPSA) is 36.3 Å². The van der Waals surface area contributed by atoms with Crippen molar-refractivity contribution in [3.8, 4) is 6.07 Å². The van der Waals surface area contributed by atoms with E-state index in [4.69, 9.17) is 10.00 Å². The molecule has 1 aromatic carbocycles. The molecule has 3 nitrogen and oxygen atoms in total. The number of rotatable bonds is 5. The molecule has 0 radical (unpaired) electrons. The second-order valence-corrected chi connectivity index (χ2v) is 5.70. The Hall–Kier alpha value is -1.37. The van der Waals surface area contributed by atoms with Crippen molar-refractivity contribution in [1.29, 1.82) is 5.26 Å². The van der Waals surface area contributed by atoms with Crippen LogP contribution in [0.25, 0.3) is 0 Å². The summed E-state index contributed by atoms with van der Waals surface area (Å²) in [5, 5.41) is 8.82. The molecule has 1 heterocycles. The Morgan fingerprint density at radius 2 is 2.00 bits per heavy atom. The third-order valence-electron chi connectivity index (χ3n) is 4.05. The molecule has 2 aliphatic rings. The van der Waals surface area contributed by atoms with Gasteiger partial charge in [0, 0.05) is 25.7 Å². The molecule has 19 heavy (non-hydrogen) atoms. The van der Waals surface area contributed by atoms with E-state index in [1.807, 2.05) is 12.1 Å². The van der Waals surface area contributed by atoms with E-state index in [1.54, 1.807) is 0 Å². The Kier molecular flexibility index (Phi) is 3.82. The van der Waals surface area contributed by atoms with Crippen LogP contribution in [0.2, 0.25) is 0 Å². The standard InChI is InChI=1S/C16H20N2O/c17-9-13-1-3-14(4-2-13)10-18(16-5-6-16)11-15-7-8-19-12-15/h1-4,15-16H,5-8,10-12H2. The number of hydrogen-bond donors (Lipinski definition) is 0. The first-order chi connectivity index (χ1) is 9.35. The summed E-state index contributed by atoms with van der Waals surface area (Å²) >= 11 is 0. The third kappa shape index (κ3) is 3.34. The maximum atomic E-state index is 8.82. The number of hydrogen-bond acceptors (Lipinski definition) is 3. The molecule has 1 unspecified atom stereocenters. The molecule has 0 amide bonds. The zero-order valence-electron chi connectivity index (χ0n) is 11.2. The Labute approximate surface area is 114 Å². The Morgan fingerprint density at radius 3 is 2.58 bits per heavy atom. The number of benzene rings is 1. The monoisotopic (exact) mass is 256 g/mol. The molecule has 0 spiro atoms. The molecule has 1 aliphatic carbocycles. The highest BCUT2D eigenvalue weighted by Crippen LogP contribution is 2.30. The third-order valence-corrected chi connectivity index (χ3v) is 4.05. The SMILES string of the molecule is N#Cc1ccc(CN(CC2CCOC2)C2CC2)cc1. The summed E-state index contributed by atoms with van der Waals surface area (Å²) in [7, 11) is 0. The molecule has 0 N–H and O–H groups in total. The molecular formula is C16H20N2O. The fraction of sp³-hybridized carbons (Fsp3) is 0.562. The zero-order valence-corrected chi connectivity index (χ0v) is 11.2. The minimum atomic E-state index is 0.707. The highest BCUT2D eigenvalue weighted by molar-refractivity contribution is 5.31. The van der Waals surface area contributed by atoms with Gasteiger partial charge in [-0.2, -0.15) is 5.26 Å². The van der Waals surface area contributed by atoms with Gasteiger partial charge in [0.05, 0.1) is 18.2 Å². The van der Waals surface area contributed by atoms with Gasteiger partial charge in [0.1, 0.15) is 0 Å². The number of nitriles is 1. The second kappa shape index (κ2) is 5.73. The van der Waals surface area contributed by atoms with E-state index in [0.29, 0.717) is 5.92 Å². The first-order valence-electron chi connectivity index (χ1n) is 7.16. The van der Waals surface area contributed by atoms with Crippen LogP contribution in [-0.2, 0) is 11.3 Å². The maximum absolute atomic E-state index is 8.82. The Bertz CT molecular complexity index is 453. The van der Waals surface area contributed by atoms with Crippen molar-refractivity contribution in [1.82, 2.24) is 4.90 Å². The van der Waals surface area contributed by atoms with Crippen LogP contribution in [0.1, 0.15) is 30.4 Å². The lowest BCUT2D eigenvalue weighted by Gasteiger charge is -2.24. The van der Waals surface area contributed by atoms with Crippen LogP contribution < -0.4 is 0 Å². The van der Waals surface area contributed by atoms with Gasteiger partial charge in [-0.3, -0.25) is 4.90 Å². The van der Waals surface area contributed by atoms with Gasteiger partial charge in [0.25, 0.3) is 0 Å². The number of ether oxygens (including phenoxy) is 1. The molecule has 1 atom stereocenters. The summed E-state index contributed by atoms with van der Waals surface area (Å²) in [5.74, 6) is 0.707.